The van der Waals surface area contributed by atoms with E-state index < -0.39 is 0 Å². The van der Waals surface area contributed by atoms with E-state index in [1.54, 1.807) is 0 Å². The molecule has 1 aromatic heterocycles. The molecule has 0 aliphatic heterocycles. The number of rotatable bonds is 2. The first kappa shape index (κ1) is 10.4. The second-order valence-corrected chi connectivity index (χ2v) is 3.89. The second kappa shape index (κ2) is 4.61. The number of nitrogens with zero attached hydrogens (tertiary/aromatic N) is 2. The van der Waals surface area contributed by atoms with Crippen molar-refractivity contribution in [1.29, 1.82) is 0 Å². The van der Waals surface area contributed by atoms with Crippen LogP contribution in [0.15, 0.2) is 10.9 Å². The van der Waals surface area contributed by atoms with Crippen molar-refractivity contribution in [2.75, 3.05) is 0 Å². The van der Waals surface area contributed by atoms with Crippen LogP contribution in [0.1, 0.15) is 37.4 Å². The Hall–Kier alpha value is -1.10. The maximum atomic E-state index is 11.2. The predicted octanol–water partition coefficient (Wildman–Crippen LogP) is 2.04. The standard InChI is InChI=1S/C9H11ClN2O3/c10-15-9(13)7-3-1-6(2-4-7)8-11-5-14-12-8/h5-7H,1-4H2. The summed E-state index contributed by atoms with van der Waals surface area (Å²) < 4.78 is 8.89. The van der Waals surface area contributed by atoms with Crippen LogP contribution in [0.25, 0.3) is 0 Å². The monoisotopic (exact) mass is 230 g/mol. The van der Waals surface area contributed by atoms with Crippen LogP contribution in [0.4, 0.5) is 0 Å². The second-order valence-electron chi connectivity index (χ2n) is 3.73. The van der Waals surface area contributed by atoms with Gasteiger partial charge in [0.05, 0.1) is 5.92 Å². The normalized spacial score (nSPS) is 26.2. The Bertz CT molecular complexity index is 320. The molecule has 1 heterocycles. The molecular formula is C9H11ClN2O3. The van der Waals surface area contributed by atoms with Gasteiger partial charge in [-0.15, -0.1) is 0 Å². The van der Waals surface area contributed by atoms with E-state index in [0.29, 0.717) is 5.92 Å². The zero-order chi connectivity index (χ0) is 10.7. The lowest BCUT2D eigenvalue weighted by atomic mass is 9.82. The molecule has 15 heavy (non-hydrogen) atoms. The Labute approximate surface area is 91.9 Å². The van der Waals surface area contributed by atoms with Crippen LogP contribution in [0.3, 0.4) is 0 Å². The molecule has 0 unspecified atom stereocenters. The van der Waals surface area contributed by atoms with Crippen molar-refractivity contribution in [3.05, 3.63) is 12.2 Å². The quantitative estimate of drug-likeness (QED) is 0.778. The van der Waals surface area contributed by atoms with Crippen LogP contribution >= 0.6 is 11.9 Å². The van der Waals surface area contributed by atoms with Crippen molar-refractivity contribution in [1.82, 2.24) is 10.1 Å². The molecule has 0 saturated heterocycles. The topological polar surface area (TPSA) is 65.2 Å². The van der Waals surface area contributed by atoms with E-state index in [2.05, 4.69) is 19.0 Å². The van der Waals surface area contributed by atoms with Gasteiger partial charge in [0.25, 0.3) is 0 Å². The third-order valence-corrected chi connectivity index (χ3v) is 3.03. The summed E-state index contributed by atoms with van der Waals surface area (Å²) in [6.45, 7) is 0. The fourth-order valence-electron chi connectivity index (χ4n) is 2.01. The summed E-state index contributed by atoms with van der Waals surface area (Å²) in [6.07, 6.45) is 4.61. The van der Waals surface area contributed by atoms with Crippen LogP contribution < -0.4 is 0 Å². The summed E-state index contributed by atoms with van der Waals surface area (Å²) in [7, 11) is 0. The molecule has 2 rings (SSSR count). The average Bonchev–Trinajstić information content (AvgIpc) is 2.82. The number of aromatic nitrogens is 2. The predicted molar refractivity (Wildman–Crippen MR) is 50.9 cm³/mol. The van der Waals surface area contributed by atoms with Gasteiger partial charge < -0.3 is 8.81 Å². The zero-order valence-electron chi connectivity index (χ0n) is 8.06. The Kier molecular flexibility index (Phi) is 3.20. The maximum absolute atomic E-state index is 11.2. The van der Waals surface area contributed by atoms with Crippen molar-refractivity contribution in [3.8, 4) is 0 Å². The lowest BCUT2D eigenvalue weighted by molar-refractivity contribution is -0.139. The largest absolute Gasteiger partial charge is 0.347 e. The number of halogens is 1. The first-order valence-electron chi connectivity index (χ1n) is 4.90. The molecule has 0 bridgehead atoms. The molecule has 1 aromatic rings. The molecule has 1 saturated carbocycles. The van der Waals surface area contributed by atoms with Crippen molar-refractivity contribution in [2.24, 2.45) is 5.92 Å². The number of hydrogen-bond acceptors (Lipinski definition) is 5. The number of carbonyl (C=O) groups excluding carboxylic acids is 1. The SMILES string of the molecule is O=C(OCl)C1CCC(c2ncon2)CC1. The minimum Gasteiger partial charge on any atom is -0.347 e. The maximum Gasteiger partial charge on any atom is 0.327 e. The molecule has 0 amide bonds. The third-order valence-electron chi connectivity index (χ3n) is 2.88. The molecule has 1 aliphatic carbocycles. The first-order valence-corrected chi connectivity index (χ1v) is 5.21. The van der Waals surface area contributed by atoms with Crippen molar-refractivity contribution in [3.63, 3.8) is 0 Å². The zero-order valence-corrected chi connectivity index (χ0v) is 8.81. The van der Waals surface area contributed by atoms with Crippen LogP contribution in [-0.2, 0) is 9.08 Å². The van der Waals surface area contributed by atoms with Crippen LogP contribution in [0, 0.1) is 5.92 Å². The number of hydrogen-bond donors (Lipinski definition) is 0. The van der Waals surface area contributed by atoms with Gasteiger partial charge in [0.15, 0.2) is 5.82 Å². The van der Waals surface area contributed by atoms with Crippen LogP contribution in [0.5, 0.6) is 0 Å². The Balaban J connectivity index is 1.90. The Morgan fingerprint density at radius 3 is 2.73 bits per heavy atom. The van der Waals surface area contributed by atoms with Gasteiger partial charge in [0.2, 0.25) is 6.39 Å². The molecule has 82 valence electrons. The van der Waals surface area contributed by atoms with Gasteiger partial charge in [0.1, 0.15) is 11.9 Å². The summed E-state index contributed by atoms with van der Waals surface area (Å²) in [5.41, 5.74) is 0. The fourth-order valence-corrected chi connectivity index (χ4v) is 2.13. The van der Waals surface area contributed by atoms with Crippen LogP contribution in [-0.4, -0.2) is 16.1 Å². The van der Waals surface area contributed by atoms with Crippen LogP contribution in [0.2, 0.25) is 0 Å². The summed E-state index contributed by atoms with van der Waals surface area (Å²) in [5, 5.41) is 3.80. The van der Waals surface area contributed by atoms with Gasteiger partial charge in [-0.3, -0.25) is 4.79 Å². The van der Waals surface area contributed by atoms with Gasteiger partial charge in [-0.05, 0) is 25.7 Å². The van der Waals surface area contributed by atoms with Crippen molar-refractivity contribution in [2.45, 2.75) is 31.6 Å². The van der Waals surface area contributed by atoms with E-state index in [-0.39, 0.29) is 11.9 Å². The molecule has 0 spiro atoms. The Morgan fingerprint density at radius 2 is 2.20 bits per heavy atom. The van der Waals surface area contributed by atoms with Crippen molar-refractivity contribution < 1.29 is 13.6 Å². The van der Waals surface area contributed by atoms with Gasteiger partial charge in [-0.2, -0.15) is 4.98 Å². The molecule has 1 aliphatic rings. The molecule has 0 aromatic carbocycles. The Morgan fingerprint density at radius 1 is 1.47 bits per heavy atom. The van der Waals surface area contributed by atoms with Gasteiger partial charge >= 0.3 is 5.97 Å². The van der Waals surface area contributed by atoms with E-state index in [9.17, 15) is 4.79 Å². The van der Waals surface area contributed by atoms with E-state index in [0.717, 1.165) is 31.5 Å². The summed E-state index contributed by atoms with van der Waals surface area (Å²) >= 11 is 5.03. The average molecular weight is 231 g/mol. The third kappa shape index (κ3) is 2.28. The van der Waals surface area contributed by atoms with Crippen molar-refractivity contribution >= 4 is 17.8 Å². The minimum atomic E-state index is -0.330. The molecule has 0 atom stereocenters. The van der Waals surface area contributed by atoms with E-state index in [1.807, 2.05) is 0 Å². The highest BCUT2D eigenvalue weighted by molar-refractivity contribution is 6.13. The van der Waals surface area contributed by atoms with E-state index >= 15 is 0 Å². The molecule has 5 nitrogen and oxygen atoms in total. The number of carbonyl (C=O) groups is 1. The highest BCUT2D eigenvalue weighted by atomic mass is 35.5. The molecule has 6 heteroatoms. The fraction of sp³-hybridized carbons (Fsp3) is 0.667. The van der Waals surface area contributed by atoms with Gasteiger partial charge in [0, 0.05) is 5.92 Å². The summed E-state index contributed by atoms with van der Waals surface area (Å²) in [4.78, 5) is 15.2. The minimum absolute atomic E-state index is 0.0781. The van der Waals surface area contributed by atoms with E-state index in [1.165, 1.54) is 6.39 Å². The van der Waals surface area contributed by atoms with E-state index in [4.69, 9.17) is 11.9 Å². The summed E-state index contributed by atoms with van der Waals surface area (Å²) in [5.74, 6) is 0.615. The lowest BCUT2D eigenvalue weighted by Crippen LogP contribution is -2.21. The van der Waals surface area contributed by atoms with Gasteiger partial charge in [-0.1, -0.05) is 5.16 Å². The molecular weight excluding hydrogens is 220 g/mol. The molecule has 1 fully saturated rings. The summed E-state index contributed by atoms with van der Waals surface area (Å²) in [6, 6.07) is 0. The first-order chi connectivity index (χ1) is 7.31. The molecule has 0 radical (unpaired) electrons. The highest BCUT2D eigenvalue weighted by Gasteiger charge is 2.29. The molecule has 0 N–H and O–H groups in total. The lowest BCUT2D eigenvalue weighted by Gasteiger charge is -2.23. The van der Waals surface area contributed by atoms with Gasteiger partial charge in [-0.25, -0.2) is 0 Å². The smallest absolute Gasteiger partial charge is 0.327 e. The highest BCUT2D eigenvalue weighted by Crippen LogP contribution is 2.34.